The number of carbonyl (C=O) groups excluding carboxylic acids is 2. The number of Topliss-reactive ketones (excluding diaryl/α,β-unsaturated/α-hetero) is 2. The molecule has 1 aromatic rings. The molecule has 2 aliphatic rings. The average molecular weight is 345 g/mol. The van der Waals surface area contributed by atoms with Gasteiger partial charge in [0.25, 0.3) is 0 Å². The largest absolute Gasteiger partial charge is 0.298 e. The molecule has 0 aromatic heterocycles. The second kappa shape index (κ2) is 5.41. The van der Waals surface area contributed by atoms with Gasteiger partial charge in [0.2, 0.25) is 0 Å². The van der Waals surface area contributed by atoms with Crippen LogP contribution in [0.1, 0.15) is 24.8 Å². The van der Waals surface area contributed by atoms with Crippen LogP contribution in [0.2, 0.25) is 5.02 Å². The van der Waals surface area contributed by atoms with Crippen molar-refractivity contribution in [2.45, 2.75) is 40.7 Å². The van der Waals surface area contributed by atoms with Crippen molar-refractivity contribution in [2.75, 3.05) is 5.75 Å². The Balaban J connectivity index is 1.94. The minimum atomic E-state index is -3.23. The molecule has 0 radical (unpaired) electrons. The predicted molar refractivity (Wildman–Crippen MR) is 80.7 cm³/mol. The third kappa shape index (κ3) is 2.64. The summed E-state index contributed by atoms with van der Waals surface area (Å²) >= 11 is 7.44. The van der Waals surface area contributed by atoms with Crippen LogP contribution in [-0.2, 0) is 25.8 Å². The maximum Gasteiger partial charge on any atom is 0.179 e. The highest BCUT2D eigenvalue weighted by Crippen LogP contribution is 2.40. The fourth-order valence-electron chi connectivity index (χ4n) is 2.68. The van der Waals surface area contributed by atoms with Gasteiger partial charge in [-0.3, -0.25) is 9.59 Å². The van der Waals surface area contributed by atoms with Gasteiger partial charge >= 0.3 is 0 Å². The molecule has 0 bridgehead atoms. The fraction of sp³-hybridized carbons (Fsp3) is 0.429. The number of rotatable bonds is 2. The summed E-state index contributed by atoms with van der Waals surface area (Å²) in [6.45, 7) is 0. The van der Waals surface area contributed by atoms with Gasteiger partial charge in [-0.1, -0.05) is 11.6 Å². The van der Waals surface area contributed by atoms with Crippen LogP contribution in [0.3, 0.4) is 0 Å². The number of sulfone groups is 1. The van der Waals surface area contributed by atoms with E-state index in [4.69, 9.17) is 11.6 Å². The molecule has 0 saturated heterocycles. The Bertz CT molecular complexity index is 724. The van der Waals surface area contributed by atoms with E-state index in [0.717, 1.165) is 11.8 Å². The first-order chi connectivity index (χ1) is 9.90. The minimum absolute atomic E-state index is 0.0669. The number of fused-ring (bicyclic) bond motifs is 1. The molecule has 0 atom stereocenters. The zero-order chi connectivity index (χ0) is 15.2. The summed E-state index contributed by atoms with van der Waals surface area (Å²) in [5.74, 6) is -0.0712. The number of ketones is 2. The predicted octanol–water partition coefficient (Wildman–Crippen LogP) is 2.45. The zero-order valence-corrected chi connectivity index (χ0v) is 13.5. The van der Waals surface area contributed by atoms with Crippen molar-refractivity contribution in [1.82, 2.24) is 0 Å². The molecule has 4 nitrogen and oxygen atoms in total. The second-order valence-corrected chi connectivity index (χ2v) is 8.81. The first-order valence-electron chi connectivity index (χ1n) is 6.66. The van der Waals surface area contributed by atoms with E-state index in [2.05, 4.69) is 0 Å². The Morgan fingerprint density at radius 3 is 2.43 bits per heavy atom. The number of hydrogen-bond acceptors (Lipinski definition) is 5. The van der Waals surface area contributed by atoms with Gasteiger partial charge in [-0.15, -0.1) is 11.8 Å². The van der Waals surface area contributed by atoms with Crippen molar-refractivity contribution in [3.05, 3.63) is 22.7 Å². The lowest BCUT2D eigenvalue weighted by atomic mass is 9.98. The first-order valence-corrected chi connectivity index (χ1v) is 9.57. The molecule has 0 unspecified atom stereocenters. The summed E-state index contributed by atoms with van der Waals surface area (Å²) in [7, 11) is -3.23. The smallest absolute Gasteiger partial charge is 0.179 e. The molecule has 112 valence electrons. The van der Waals surface area contributed by atoms with Crippen LogP contribution in [0, 0.1) is 0 Å². The quantitative estimate of drug-likeness (QED) is 0.771. The van der Waals surface area contributed by atoms with Crippen molar-refractivity contribution < 1.29 is 18.0 Å². The second-order valence-electron chi connectivity index (χ2n) is 5.21. The maximum absolute atomic E-state index is 11.9. The molecule has 1 saturated carbocycles. The highest BCUT2D eigenvalue weighted by molar-refractivity contribution is 8.01. The monoisotopic (exact) mass is 344 g/mol. The first kappa shape index (κ1) is 15.1. The lowest BCUT2D eigenvalue weighted by molar-refractivity contribution is -0.128. The van der Waals surface area contributed by atoms with Gasteiger partial charge in [-0.05, 0) is 30.5 Å². The van der Waals surface area contributed by atoms with Gasteiger partial charge in [0, 0.05) is 17.7 Å². The third-order valence-corrected chi connectivity index (χ3v) is 7.49. The van der Waals surface area contributed by atoms with Crippen molar-refractivity contribution >= 4 is 44.8 Å². The van der Waals surface area contributed by atoms with E-state index in [0.29, 0.717) is 41.2 Å². The summed E-state index contributed by atoms with van der Waals surface area (Å²) in [5, 5.41) is -0.336. The van der Waals surface area contributed by atoms with Crippen LogP contribution in [0.4, 0.5) is 0 Å². The van der Waals surface area contributed by atoms with Crippen LogP contribution >= 0.6 is 23.4 Å². The SMILES string of the molecule is O=C1CCCC(=O)C1Sc1ccc2c(c1Cl)CCS2(=O)=O. The fourth-order valence-corrected chi connectivity index (χ4v) is 5.80. The standard InChI is InChI=1S/C14H13ClO4S2/c15-13-8-6-7-21(18,19)12(8)5-4-11(13)20-14-9(16)2-1-3-10(14)17/h4-5,14H,1-3,6-7H2. The Labute approximate surface area is 132 Å². The normalized spacial score (nSPS) is 21.6. The van der Waals surface area contributed by atoms with E-state index < -0.39 is 15.1 Å². The highest BCUT2D eigenvalue weighted by Gasteiger charge is 2.33. The molecule has 1 fully saturated rings. The minimum Gasteiger partial charge on any atom is -0.298 e. The summed E-state index contributed by atoms with van der Waals surface area (Å²) in [6, 6.07) is 3.13. The van der Waals surface area contributed by atoms with Crippen molar-refractivity contribution in [2.24, 2.45) is 0 Å². The van der Waals surface area contributed by atoms with Crippen molar-refractivity contribution in [1.29, 1.82) is 0 Å². The van der Waals surface area contributed by atoms with Gasteiger partial charge < -0.3 is 0 Å². The maximum atomic E-state index is 11.9. The van der Waals surface area contributed by atoms with E-state index in [1.54, 1.807) is 6.07 Å². The van der Waals surface area contributed by atoms with Crippen LogP contribution in [-0.4, -0.2) is 31.0 Å². The van der Waals surface area contributed by atoms with Crippen LogP contribution in [0.25, 0.3) is 0 Å². The zero-order valence-electron chi connectivity index (χ0n) is 11.1. The number of benzene rings is 1. The summed E-state index contributed by atoms with van der Waals surface area (Å²) in [6.07, 6.45) is 1.84. The van der Waals surface area contributed by atoms with Crippen molar-refractivity contribution in [3.63, 3.8) is 0 Å². The van der Waals surface area contributed by atoms with Gasteiger partial charge in [-0.25, -0.2) is 8.42 Å². The molecule has 0 spiro atoms. The topological polar surface area (TPSA) is 68.3 Å². The molecule has 1 aliphatic heterocycles. The van der Waals surface area contributed by atoms with E-state index in [-0.39, 0.29) is 22.2 Å². The molecule has 7 heteroatoms. The van der Waals surface area contributed by atoms with Gasteiger partial charge in [-0.2, -0.15) is 0 Å². The lowest BCUT2D eigenvalue weighted by Crippen LogP contribution is -2.31. The van der Waals surface area contributed by atoms with Gasteiger partial charge in [0.15, 0.2) is 21.4 Å². The average Bonchev–Trinajstić information content (AvgIpc) is 2.73. The number of hydrogen-bond donors (Lipinski definition) is 0. The highest BCUT2D eigenvalue weighted by atomic mass is 35.5. The summed E-state index contributed by atoms with van der Waals surface area (Å²) in [4.78, 5) is 24.6. The van der Waals surface area contributed by atoms with E-state index in [1.807, 2.05) is 0 Å². The molecule has 1 heterocycles. The van der Waals surface area contributed by atoms with Gasteiger partial charge in [0.1, 0.15) is 5.25 Å². The molecule has 0 amide bonds. The van der Waals surface area contributed by atoms with E-state index >= 15 is 0 Å². The number of thioether (sulfide) groups is 1. The molecule has 21 heavy (non-hydrogen) atoms. The lowest BCUT2D eigenvalue weighted by Gasteiger charge is -2.19. The Morgan fingerprint density at radius 2 is 1.76 bits per heavy atom. The summed E-state index contributed by atoms with van der Waals surface area (Å²) < 4.78 is 23.7. The van der Waals surface area contributed by atoms with Crippen LogP contribution in [0.15, 0.2) is 21.9 Å². The molecular weight excluding hydrogens is 332 g/mol. The molecule has 3 rings (SSSR count). The molecule has 0 N–H and O–H groups in total. The Morgan fingerprint density at radius 1 is 1.10 bits per heavy atom. The van der Waals surface area contributed by atoms with Crippen LogP contribution in [0.5, 0.6) is 0 Å². The van der Waals surface area contributed by atoms with Crippen LogP contribution < -0.4 is 0 Å². The number of halogens is 1. The molecule has 1 aromatic carbocycles. The Hall–Kier alpha value is -0.850. The van der Waals surface area contributed by atoms with E-state index in [1.165, 1.54) is 6.07 Å². The third-order valence-electron chi connectivity index (χ3n) is 3.80. The summed E-state index contributed by atoms with van der Waals surface area (Å²) in [5.41, 5.74) is 0.609. The van der Waals surface area contributed by atoms with Crippen molar-refractivity contribution in [3.8, 4) is 0 Å². The molecular formula is C14H13ClO4S2. The Kier molecular flexibility index (Phi) is 3.88. The van der Waals surface area contributed by atoms with E-state index in [9.17, 15) is 18.0 Å². The number of carbonyl (C=O) groups is 2. The molecule has 1 aliphatic carbocycles. The van der Waals surface area contributed by atoms with Gasteiger partial charge in [0.05, 0.1) is 15.7 Å².